The number of nitrogens with one attached hydrogen (secondary N) is 1. The molecular formula is C16H21N3O2S. The number of fused-ring (bicyclic) bond motifs is 1. The van der Waals surface area contributed by atoms with Crippen molar-refractivity contribution >= 4 is 27.6 Å². The number of hydrogen-bond acceptors (Lipinski definition) is 4. The van der Waals surface area contributed by atoms with E-state index in [9.17, 15) is 4.79 Å². The highest BCUT2D eigenvalue weighted by molar-refractivity contribution is 7.18. The highest BCUT2D eigenvalue weighted by Gasteiger charge is 2.22. The lowest BCUT2D eigenvalue weighted by Gasteiger charge is -2.24. The van der Waals surface area contributed by atoms with Gasteiger partial charge in [0.1, 0.15) is 5.01 Å². The van der Waals surface area contributed by atoms with Gasteiger partial charge in [-0.2, -0.15) is 0 Å². The third kappa shape index (κ3) is 3.23. The molecule has 1 fully saturated rings. The van der Waals surface area contributed by atoms with E-state index in [0.29, 0.717) is 12.5 Å². The van der Waals surface area contributed by atoms with E-state index in [0.717, 1.165) is 34.9 Å². The third-order valence-electron chi connectivity index (χ3n) is 4.14. The Morgan fingerprint density at radius 3 is 3.09 bits per heavy atom. The van der Waals surface area contributed by atoms with Crippen molar-refractivity contribution in [2.45, 2.75) is 19.4 Å². The number of amides is 2. The average Bonchev–Trinajstić information content (AvgIpc) is 3.19. The van der Waals surface area contributed by atoms with Gasteiger partial charge in [-0.15, -0.1) is 11.3 Å². The second-order valence-corrected chi connectivity index (χ2v) is 6.78. The van der Waals surface area contributed by atoms with Crippen molar-refractivity contribution < 1.29 is 9.53 Å². The Bertz CT molecular complexity index is 619. The summed E-state index contributed by atoms with van der Waals surface area (Å²) in [4.78, 5) is 18.6. The van der Waals surface area contributed by atoms with E-state index in [1.807, 2.05) is 32.2 Å². The molecule has 1 aromatic carbocycles. The first kappa shape index (κ1) is 15.2. The minimum atomic E-state index is -0.0568. The largest absolute Gasteiger partial charge is 0.381 e. The zero-order valence-corrected chi connectivity index (χ0v) is 13.7. The Morgan fingerprint density at radius 1 is 1.55 bits per heavy atom. The Balaban J connectivity index is 1.62. The Kier molecular flexibility index (Phi) is 4.59. The van der Waals surface area contributed by atoms with Crippen molar-refractivity contribution in [3.63, 3.8) is 0 Å². The number of urea groups is 1. The molecule has 22 heavy (non-hydrogen) atoms. The van der Waals surface area contributed by atoms with Crippen molar-refractivity contribution in [1.29, 1.82) is 0 Å². The average molecular weight is 319 g/mol. The van der Waals surface area contributed by atoms with Gasteiger partial charge in [0.2, 0.25) is 0 Å². The summed E-state index contributed by atoms with van der Waals surface area (Å²) >= 11 is 1.64. The van der Waals surface area contributed by atoms with E-state index in [1.54, 1.807) is 16.2 Å². The zero-order chi connectivity index (χ0) is 15.5. The van der Waals surface area contributed by atoms with Gasteiger partial charge in [0, 0.05) is 26.1 Å². The zero-order valence-electron chi connectivity index (χ0n) is 12.9. The Hall–Kier alpha value is -1.66. The molecule has 0 aliphatic carbocycles. The molecule has 0 radical (unpaired) electrons. The molecule has 1 aliphatic rings. The predicted octanol–water partition coefficient (Wildman–Crippen LogP) is 3.04. The first-order valence-electron chi connectivity index (χ1n) is 7.59. The SMILES string of the molecule is C[C@H](c1nc2ccccc2s1)N(C)C(=O)NC[C@@H]1CCOC1. The van der Waals surface area contributed by atoms with Crippen LogP contribution in [0.25, 0.3) is 10.2 Å². The molecule has 1 aromatic heterocycles. The molecule has 0 bridgehead atoms. The molecule has 5 nitrogen and oxygen atoms in total. The standard InChI is InChI=1S/C16H21N3O2S/c1-11(15-18-13-5-3-4-6-14(13)22-15)19(2)16(20)17-9-12-7-8-21-10-12/h3-6,11-12H,7-10H2,1-2H3,(H,17,20)/t11-,12+/m1/s1. The maximum absolute atomic E-state index is 12.3. The lowest BCUT2D eigenvalue weighted by atomic mass is 10.1. The van der Waals surface area contributed by atoms with Crippen molar-refractivity contribution in [3.8, 4) is 0 Å². The smallest absolute Gasteiger partial charge is 0.317 e. The van der Waals surface area contributed by atoms with Gasteiger partial charge < -0.3 is 15.0 Å². The maximum Gasteiger partial charge on any atom is 0.317 e. The number of carbonyl (C=O) groups excluding carboxylic acids is 1. The van der Waals surface area contributed by atoms with Crippen LogP contribution in [0.5, 0.6) is 0 Å². The quantitative estimate of drug-likeness (QED) is 0.942. The summed E-state index contributed by atoms with van der Waals surface area (Å²) in [6, 6.07) is 7.95. The molecule has 118 valence electrons. The fraction of sp³-hybridized carbons (Fsp3) is 0.500. The number of para-hydroxylation sites is 1. The molecule has 1 aliphatic heterocycles. The van der Waals surface area contributed by atoms with E-state index in [1.165, 1.54) is 0 Å². The van der Waals surface area contributed by atoms with Gasteiger partial charge in [-0.3, -0.25) is 0 Å². The molecule has 1 N–H and O–H groups in total. The van der Waals surface area contributed by atoms with Crippen LogP contribution in [-0.2, 0) is 4.74 Å². The monoisotopic (exact) mass is 319 g/mol. The second-order valence-electron chi connectivity index (χ2n) is 5.72. The molecule has 2 amide bonds. The highest BCUT2D eigenvalue weighted by Crippen LogP contribution is 2.28. The number of thiazole rings is 1. The summed E-state index contributed by atoms with van der Waals surface area (Å²) in [7, 11) is 1.82. The minimum Gasteiger partial charge on any atom is -0.381 e. The van der Waals surface area contributed by atoms with Gasteiger partial charge in [-0.05, 0) is 25.5 Å². The number of benzene rings is 1. The number of aromatic nitrogens is 1. The first-order chi connectivity index (χ1) is 10.6. The van der Waals surface area contributed by atoms with E-state index in [2.05, 4.69) is 16.4 Å². The van der Waals surface area contributed by atoms with Crippen molar-refractivity contribution in [3.05, 3.63) is 29.3 Å². The molecule has 2 aromatic rings. The molecule has 3 rings (SSSR count). The van der Waals surface area contributed by atoms with Crippen LogP contribution >= 0.6 is 11.3 Å². The lowest BCUT2D eigenvalue weighted by Crippen LogP contribution is -2.40. The lowest BCUT2D eigenvalue weighted by molar-refractivity contribution is 0.179. The van der Waals surface area contributed by atoms with Crippen LogP contribution in [0.2, 0.25) is 0 Å². The minimum absolute atomic E-state index is 0.0442. The Labute approximate surface area is 134 Å². The summed E-state index contributed by atoms with van der Waals surface area (Å²) in [6.45, 7) is 4.24. The first-order valence-corrected chi connectivity index (χ1v) is 8.40. The van der Waals surface area contributed by atoms with Crippen molar-refractivity contribution in [2.24, 2.45) is 5.92 Å². The normalized spacial score (nSPS) is 19.3. The van der Waals surface area contributed by atoms with Crippen molar-refractivity contribution in [1.82, 2.24) is 15.2 Å². The molecule has 1 saturated heterocycles. The van der Waals surface area contributed by atoms with Crippen LogP contribution in [-0.4, -0.2) is 42.7 Å². The summed E-state index contributed by atoms with van der Waals surface area (Å²) in [5, 5.41) is 3.95. The van der Waals surface area contributed by atoms with Gasteiger partial charge in [-0.25, -0.2) is 9.78 Å². The fourth-order valence-corrected chi connectivity index (χ4v) is 3.57. The van der Waals surface area contributed by atoms with Crippen LogP contribution < -0.4 is 5.32 Å². The van der Waals surface area contributed by atoms with Crippen LogP contribution in [0.15, 0.2) is 24.3 Å². The van der Waals surface area contributed by atoms with Gasteiger partial charge in [0.15, 0.2) is 0 Å². The van der Waals surface area contributed by atoms with Crippen LogP contribution in [0.3, 0.4) is 0 Å². The molecular weight excluding hydrogens is 298 g/mol. The summed E-state index contributed by atoms with van der Waals surface area (Å²) in [5.41, 5.74) is 0.992. The van der Waals surface area contributed by atoms with Crippen molar-refractivity contribution in [2.75, 3.05) is 26.8 Å². The molecule has 0 spiro atoms. The summed E-state index contributed by atoms with van der Waals surface area (Å²) in [6.07, 6.45) is 1.03. The predicted molar refractivity (Wildman–Crippen MR) is 88.1 cm³/mol. The number of hydrogen-bond donors (Lipinski definition) is 1. The number of ether oxygens (including phenoxy) is 1. The van der Waals surface area contributed by atoms with Crippen LogP contribution in [0.1, 0.15) is 24.4 Å². The molecule has 0 unspecified atom stereocenters. The second kappa shape index (κ2) is 6.62. The summed E-state index contributed by atoms with van der Waals surface area (Å²) < 4.78 is 6.48. The Morgan fingerprint density at radius 2 is 2.36 bits per heavy atom. The molecule has 0 saturated carbocycles. The third-order valence-corrected chi connectivity index (χ3v) is 5.34. The van der Waals surface area contributed by atoms with Crippen LogP contribution in [0, 0.1) is 5.92 Å². The molecule has 2 atom stereocenters. The number of nitrogens with zero attached hydrogens (tertiary/aromatic N) is 2. The van der Waals surface area contributed by atoms with Gasteiger partial charge in [-0.1, -0.05) is 12.1 Å². The number of carbonyl (C=O) groups is 1. The maximum atomic E-state index is 12.3. The van der Waals surface area contributed by atoms with Gasteiger partial charge in [0.25, 0.3) is 0 Å². The fourth-order valence-electron chi connectivity index (χ4n) is 2.51. The van der Waals surface area contributed by atoms with Crippen LogP contribution in [0.4, 0.5) is 4.79 Å². The van der Waals surface area contributed by atoms with E-state index < -0.39 is 0 Å². The van der Waals surface area contributed by atoms with E-state index in [4.69, 9.17) is 4.74 Å². The topological polar surface area (TPSA) is 54.5 Å². The van der Waals surface area contributed by atoms with Gasteiger partial charge in [0.05, 0.1) is 22.9 Å². The summed E-state index contributed by atoms with van der Waals surface area (Å²) in [5.74, 6) is 0.440. The molecule has 6 heteroatoms. The van der Waals surface area contributed by atoms with Gasteiger partial charge >= 0.3 is 6.03 Å². The molecule has 2 heterocycles. The van der Waals surface area contributed by atoms with E-state index in [-0.39, 0.29) is 12.1 Å². The number of rotatable bonds is 4. The van der Waals surface area contributed by atoms with E-state index >= 15 is 0 Å². The highest BCUT2D eigenvalue weighted by atomic mass is 32.1.